The molecule has 0 amide bonds. The maximum Gasteiger partial charge on any atom is 0.0400 e. The molecule has 0 heterocycles. The molecule has 7 rings (SSSR count). The van der Waals surface area contributed by atoms with Crippen molar-refractivity contribution in [3.63, 3.8) is 0 Å². The van der Waals surface area contributed by atoms with Gasteiger partial charge in [0.05, 0.1) is 0 Å². The van der Waals surface area contributed by atoms with Crippen molar-refractivity contribution < 1.29 is 0 Å². The zero-order valence-corrected chi connectivity index (χ0v) is 17.4. The van der Waals surface area contributed by atoms with Crippen LogP contribution in [-0.4, -0.2) is 0 Å². The van der Waals surface area contributed by atoms with E-state index in [0.29, 0.717) is 0 Å². The fourth-order valence-electron chi connectivity index (χ4n) is 5.46. The standard InChI is InChI=1S/C30H20N2/c31-22-11-12-24-21(15-22)14-19-4-1-2-7-23(19)29(24)25-16-20-6-3-5-17-8-9-18-10-13-26(32)30(25)28(18)27(17)20/h1-16H,31-32H2. The summed E-state index contributed by atoms with van der Waals surface area (Å²) in [6, 6.07) is 34.4. The van der Waals surface area contributed by atoms with Gasteiger partial charge in [0.15, 0.2) is 0 Å². The fourth-order valence-corrected chi connectivity index (χ4v) is 5.46. The van der Waals surface area contributed by atoms with Crippen LogP contribution in [0.15, 0.2) is 97.1 Å². The van der Waals surface area contributed by atoms with Gasteiger partial charge in [0.2, 0.25) is 0 Å². The van der Waals surface area contributed by atoms with Gasteiger partial charge in [-0.15, -0.1) is 0 Å². The Balaban J connectivity index is 1.79. The van der Waals surface area contributed by atoms with Gasteiger partial charge in [-0.05, 0) is 84.5 Å². The third kappa shape index (κ3) is 2.24. The van der Waals surface area contributed by atoms with Gasteiger partial charge in [-0.1, -0.05) is 66.7 Å². The molecule has 32 heavy (non-hydrogen) atoms. The number of hydrogen-bond donors (Lipinski definition) is 2. The molecule has 0 saturated carbocycles. The average molecular weight is 409 g/mol. The summed E-state index contributed by atoms with van der Waals surface area (Å²) in [5, 5.41) is 12.1. The van der Waals surface area contributed by atoms with Gasteiger partial charge in [0.25, 0.3) is 0 Å². The van der Waals surface area contributed by atoms with E-state index in [2.05, 4.69) is 84.9 Å². The molecule has 7 aromatic carbocycles. The first-order valence-corrected chi connectivity index (χ1v) is 10.9. The fraction of sp³-hybridized carbons (Fsp3) is 0. The summed E-state index contributed by atoms with van der Waals surface area (Å²) < 4.78 is 0. The van der Waals surface area contributed by atoms with Gasteiger partial charge in [-0.3, -0.25) is 0 Å². The molecular formula is C30H20N2. The van der Waals surface area contributed by atoms with Crippen LogP contribution in [-0.2, 0) is 0 Å². The third-order valence-electron chi connectivity index (χ3n) is 6.82. The van der Waals surface area contributed by atoms with E-state index in [1.807, 2.05) is 12.1 Å². The van der Waals surface area contributed by atoms with Crippen LogP contribution in [0.3, 0.4) is 0 Å². The number of benzene rings is 7. The minimum Gasteiger partial charge on any atom is -0.399 e. The summed E-state index contributed by atoms with van der Waals surface area (Å²) in [7, 11) is 0. The van der Waals surface area contributed by atoms with Crippen LogP contribution in [0.1, 0.15) is 0 Å². The Bertz CT molecular complexity index is 1850. The third-order valence-corrected chi connectivity index (χ3v) is 6.82. The molecule has 0 aliphatic rings. The monoisotopic (exact) mass is 408 g/mol. The highest BCUT2D eigenvalue weighted by Crippen LogP contribution is 2.46. The summed E-state index contributed by atoms with van der Waals surface area (Å²) >= 11 is 0. The van der Waals surface area contributed by atoms with Crippen LogP contribution in [0, 0.1) is 0 Å². The lowest BCUT2D eigenvalue weighted by Gasteiger charge is -2.19. The van der Waals surface area contributed by atoms with Crippen molar-refractivity contribution in [1.29, 1.82) is 0 Å². The van der Waals surface area contributed by atoms with Crippen LogP contribution < -0.4 is 11.5 Å². The van der Waals surface area contributed by atoms with E-state index in [1.54, 1.807) is 0 Å². The first-order valence-electron chi connectivity index (χ1n) is 10.9. The normalized spacial score (nSPS) is 12.0. The van der Waals surface area contributed by atoms with Gasteiger partial charge in [-0.2, -0.15) is 0 Å². The van der Waals surface area contributed by atoms with Crippen molar-refractivity contribution in [3.8, 4) is 11.1 Å². The summed E-state index contributed by atoms with van der Waals surface area (Å²) in [6.45, 7) is 0. The van der Waals surface area contributed by atoms with Gasteiger partial charge in [-0.25, -0.2) is 0 Å². The summed E-state index contributed by atoms with van der Waals surface area (Å²) in [4.78, 5) is 0. The first-order chi connectivity index (χ1) is 15.7. The molecule has 7 aromatic rings. The lowest BCUT2D eigenvalue weighted by Crippen LogP contribution is -1.95. The zero-order chi connectivity index (χ0) is 21.4. The van der Waals surface area contributed by atoms with Crippen LogP contribution >= 0.6 is 0 Å². The minimum absolute atomic E-state index is 0.771. The predicted molar refractivity (Wildman–Crippen MR) is 139 cm³/mol. The van der Waals surface area contributed by atoms with Gasteiger partial charge in [0, 0.05) is 22.1 Å². The second-order valence-electron chi connectivity index (χ2n) is 8.65. The number of nitrogens with two attached hydrogens (primary N) is 2. The summed E-state index contributed by atoms with van der Waals surface area (Å²) in [5.41, 5.74) is 16.8. The van der Waals surface area contributed by atoms with Crippen LogP contribution in [0.5, 0.6) is 0 Å². The van der Waals surface area contributed by atoms with E-state index in [9.17, 15) is 0 Å². The highest BCUT2D eigenvalue weighted by Gasteiger charge is 2.18. The number of rotatable bonds is 1. The Hall–Kier alpha value is -4.30. The minimum atomic E-state index is 0.771. The molecule has 0 saturated heterocycles. The zero-order valence-electron chi connectivity index (χ0n) is 17.4. The maximum atomic E-state index is 6.70. The average Bonchev–Trinajstić information content (AvgIpc) is 2.81. The SMILES string of the molecule is Nc1ccc2c(-c3cc4cccc5ccc6ccc(N)c3c6c54)c3ccccc3cc2c1. The molecule has 0 spiro atoms. The molecule has 0 aromatic heterocycles. The van der Waals surface area contributed by atoms with Crippen molar-refractivity contribution in [2.75, 3.05) is 11.5 Å². The summed E-state index contributed by atoms with van der Waals surface area (Å²) in [5.74, 6) is 0. The van der Waals surface area contributed by atoms with Crippen molar-refractivity contribution in [2.24, 2.45) is 0 Å². The molecule has 0 fully saturated rings. The quantitative estimate of drug-likeness (QED) is 0.166. The molecular weight excluding hydrogens is 388 g/mol. The van der Waals surface area contributed by atoms with E-state index >= 15 is 0 Å². The second kappa shape index (κ2) is 6.12. The van der Waals surface area contributed by atoms with Crippen LogP contribution in [0.25, 0.3) is 65.0 Å². The van der Waals surface area contributed by atoms with Crippen molar-refractivity contribution in [1.82, 2.24) is 0 Å². The summed E-state index contributed by atoms with van der Waals surface area (Å²) in [6.07, 6.45) is 0. The molecule has 0 aliphatic heterocycles. The lowest BCUT2D eigenvalue weighted by molar-refractivity contribution is 1.71. The van der Waals surface area contributed by atoms with E-state index in [1.165, 1.54) is 54.2 Å². The predicted octanol–water partition coefficient (Wildman–Crippen LogP) is 7.72. The Kier molecular flexibility index (Phi) is 3.32. The van der Waals surface area contributed by atoms with Crippen molar-refractivity contribution in [2.45, 2.75) is 0 Å². The lowest BCUT2D eigenvalue weighted by atomic mass is 9.85. The number of nitrogen functional groups attached to an aromatic ring is 2. The Labute approximate surface area is 185 Å². The number of fused-ring (bicyclic) bond motifs is 2. The Morgan fingerprint density at radius 3 is 2.06 bits per heavy atom. The highest BCUT2D eigenvalue weighted by molar-refractivity contribution is 6.31. The van der Waals surface area contributed by atoms with E-state index in [0.717, 1.165) is 22.1 Å². The van der Waals surface area contributed by atoms with Gasteiger partial charge in [0.1, 0.15) is 0 Å². The second-order valence-corrected chi connectivity index (χ2v) is 8.65. The molecule has 0 atom stereocenters. The largest absolute Gasteiger partial charge is 0.399 e. The highest BCUT2D eigenvalue weighted by atomic mass is 14.6. The molecule has 150 valence electrons. The van der Waals surface area contributed by atoms with Gasteiger partial charge >= 0.3 is 0 Å². The first kappa shape index (κ1) is 17.4. The number of anilines is 2. The van der Waals surface area contributed by atoms with Crippen LogP contribution in [0.4, 0.5) is 11.4 Å². The molecule has 0 bridgehead atoms. The van der Waals surface area contributed by atoms with Gasteiger partial charge < -0.3 is 11.5 Å². The molecule has 2 heteroatoms. The van der Waals surface area contributed by atoms with E-state index in [-0.39, 0.29) is 0 Å². The molecule has 0 unspecified atom stereocenters. The molecule has 4 N–H and O–H groups in total. The van der Waals surface area contributed by atoms with Crippen LogP contribution in [0.2, 0.25) is 0 Å². The van der Waals surface area contributed by atoms with Crippen molar-refractivity contribution in [3.05, 3.63) is 97.1 Å². The Morgan fingerprint density at radius 2 is 1.16 bits per heavy atom. The molecule has 0 aliphatic carbocycles. The van der Waals surface area contributed by atoms with E-state index < -0.39 is 0 Å². The Morgan fingerprint density at radius 1 is 0.438 bits per heavy atom. The maximum absolute atomic E-state index is 6.70. The van der Waals surface area contributed by atoms with Crippen molar-refractivity contribution >= 4 is 65.2 Å². The smallest absolute Gasteiger partial charge is 0.0400 e. The molecule has 0 radical (unpaired) electrons. The topological polar surface area (TPSA) is 52.0 Å². The van der Waals surface area contributed by atoms with E-state index in [4.69, 9.17) is 11.5 Å². The molecule has 2 nitrogen and oxygen atoms in total. The number of hydrogen-bond acceptors (Lipinski definition) is 2.